The van der Waals surface area contributed by atoms with E-state index in [9.17, 15) is 0 Å². The molecule has 0 fully saturated rings. The summed E-state index contributed by atoms with van der Waals surface area (Å²) in [6, 6.07) is 44.7. The minimum atomic E-state index is 0.793. The molecule has 0 N–H and O–H groups in total. The van der Waals surface area contributed by atoms with Crippen molar-refractivity contribution in [2.75, 3.05) is 0 Å². The van der Waals surface area contributed by atoms with Gasteiger partial charge in [0.1, 0.15) is 11.4 Å². The van der Waals surface area contributed by atoms with Crippen LogP contribution in [0.25, 0.3) is 82.7 Å². The van der Waals surface area contributed by atoms with Crippen LogP contribution < -0.4 is 0 Å². The van der Waals surface area contributed by atoms with Gasteiger partial charge in [-0.25, -0.2) is 4.98 Å². The number of imidazole rings is 1. The first-order chi connectivity index (χ1) is 20.8. The Balaban J connectivity index is 1.38. The van der Waals surface area contributed by atoms with Crippen LogP contribution in [0.15, 0.2) is 144 Å². The number of furan rings is 1. The van der Waals surface area contributed by atoms with E-state index in [-0.39, 0.29) is 0 Å². The number of nitrogens with zero attached hydrogens (tertiary/aromatic N) is 3. The highest BCUT2D eigenvalue weighted by molar-refractivity contribution is 6.24. The van der Waals surface area contributed by atoms with Gasteiger partial charge in [-0.3, -0.25) is 9.55 Å². The summed E-state index contributed by atoms with van der Waals surface area (Å²) in [5.74, 6) is 0.914. The maximum atomic E-state index is 6.36. The van der Waals surface area contributed by atoms with Crippen LogP contribution >= 0.6 is 0 Å². The van der Waals surface area contributed by atoms with Crippen LogP contribution in [0.4, 0.5) is 0 Å². The minimum absolute atomic E-state index is 0.793. The van der Waals surface area contributed by atoms with E-state index in [1.54, 1.807) is 6.20 Å². The van der Waals surface area contributed by atoms with Crippen LogP contribution in [0.1, 0.15) is 0 Å². The highest BCUT2D eigenvalue weighted by atomic mass is 16.3. The first-order valence-corrected chi connectivity index (χ1v) is 14.1. The Morgan fingerprint density at radius 1 is 0.548 bits per heavy atom. The number of hydrogen-bond acceptors (Lipinski definition) is 3. The average Bonchev–Trinajstić information content (AvgIpc) is 3.65. The molecule has 0 amide bonds. The van der Waals surface area contributed by atoms with E-state index in [0.29, 0.717) is 0 Å². The van der Waals surface area contributed by atoms with Gasteiger partial charge < -0.3 is 4.42 Å². The Hall–Kier alpha value is -5.74. The van der Waals surface area contributed by atoms with Crippen LogP contribution in [-0.4, -0.2) is 14.5 Å². The van der Waals surface area contributed by atoms with Crippen molar-refractivity contribution in [2.24, 2.45) is 0 Å². The van der Waals surface area contributed by atoms with Crippen LogP contribution in [0, 0.1) is 0 Å². The summed E-state index contributed by atoms with van der Waals surface area (Å²) in [5, 5.41) is 6.93. The third kappa shape index (κ3) is 3.29. The highest BCUT2D eigenvalue weighted by Gasteiger charge is 2.20. The summed E-state index contributed by atoms with van der Waals surface area (Å²) in [4.78, 5) is 9.62. The monoisotopic (exact) mass is 537 g/mol. The fourth-order valence-electron chi connectivity index (χ4n) is 6.43. The van der Waals surface area contributed by atoms with Crippen molar-refractivity contribution in [3.05, 3.63) is 140 Å². The van der Waals surface area contributed by atoms with Crippen molar-refractivity contribution < 1.29 is 4.42 Å². The molecule has 196 valence electrons. The van der Waals surface area contributed by atoms with E-state index in [4.69, 9.17) is 9.40 Å². The SMILES string of the molecule is c1ccc(-c2nc3c4ccccc4c4ccccc4c3n2-c2cccc(-c3cccc4c3oc3cnccc34)c2)cc1. The van der Waals surface area contributed by atoms with Crippen molar-refractivity contribution in [1.29, 1.82) is 0 Å². The Bertz CT molecular complexity index is 2470. The second kappa shape index (κ2) is 8.88. The fraction of sp³-hybridized carbons (Fsp3) is 0. The molecule has 9 aromatic rings. The van der Waals surface area contributed by atoms with Gasteiger partial charge in [-0.05, 0) is 34.5 Å². The zero-order valence-electron chi connectivity index (χ0n) is 22.5. The van der Waals surface area contributed by atoms with E-state index >= 15 is 0 Å². The smallest absolute Gasteiger partial charge is 0.153 e. The molecule has 0 aliphatic carbocycles. The summed E-state index contributed by atoms with van der Waals surface area (Å²) in [5.41, 5.74) is 8.01. The van der Waals surface area contributed by atoms with E-state index in [2.05, 4.69) is 125 Å². The normalized spacial score (nSPS) is 11.8. The third-order valence-electron chi connectivity index (χ3n) is 8.28. The molecule has 42 heavy (non-hydrogen) atoms. The molecule has 0 bridgehead atoms. The Kier molecular flexibility index (Phi) is 4.87. The molecule has 9 rings (SSSR count). The summed E-state index contributed by atoms with van der Waals surface area (Å²) in [6.07, 6.45) is 3.60. The van der Waals surface area contributed by atoms with Gasteiger partial charge in [-0.15, -0.1) is 0 Å². The summed E-state index contributed by atoms with van der Waals surface area (Å²) in [7, 11) is 0. The second-order valence-corrected chi connectivity index (χ2v) is 10.6. The van der Waals surface area contributed by atoms with Gasteiger partial charge >= 0.3 is 0 Å². The molecule has 4 nitrogen and oxygen atoms in total. The largest absolute Gasteiger partial charge is 0.454 e. The number of pyridine rings is 1. The molecule has 0 spiro atoms. The molecule has 0 aliphatic heterocycles. The molecule has 4 heteroatoms. The lowest BCUT2D eigenvalue weighted by Gasteiger charge is -2.14. The van der Waals surface area contributed by atoms with Gasteiger partial charge in [-0.2, -0.15) is 0 Å². The predicted molar refractivity (Wildman–Crippen MR) is 172 cm³/mol. The van der Waals surface area contributed by atoms with Crippen LogP contribution in [-0.2, 0) is 0 Å². The topological polar surface area (TPSA) is 43.9 Å². The number of hydrogen-bond donors (Lipinski definition) is 0. The maximum absolute atomic E-state index is 6.36. The van der Waals surface area contributed by atoms with Crippen molar-refractivity contribution in [3.8, 4) is 28.2 Å². The molecule has 3 aromatic heterocycles. The molecule has 0 aliphatic rings. The van der Waals surface area contributed by atoms with E-state index < -0.39 is 0 Å². The van der Waals surface area contributed by atoms with Crippen LogP contribution in [0.3, 0.4) is 0 Å². The zero-order valence-corrected chi connectivity index (χ0v) is 22.5. The quantitative estimate of drug-likeness (QED) is 0.211. The minimum Gasteiger partial charge on any atom is -0.454 e. The van der Waals surface area contributed by atoms with Gasteiger partial charge in [0.15, 0.2) is 5.58 Å². The number of para-hydroxylation sites is 1. The van der Waals surface area contributed by atoms with E-state index in [1.807, 2.05) is 18.3 Å². The molecule has 0 saturated heterocycles. The van der Waals surface area contributed by atoms with E-state index in [0.717, 1.165) is 66.6 Å². The van der Waals surface area contributed by atoms with Crippen molar-refractivity contribution in [1.82, 2.24) is 14.5 Å². The van der Waals surface area contributed by atoms with Gasteiger partial charge in [0, 0.05) is 44.6 Å². The Morgan fingerprint density at radius 3 is 2.10 bits per heavy atom. The lowest BCUT2D eigenvalue weighted by molar-refractivity contribution is 0.668. The first-order valence-electron chi connectivity index (χ1n) is 14.1. The number of fused-ring (bicyclic) bond motifs is 9. The Labute approximate surface area is 241 Å². The Morgan fingerprint density at radius 2 is 1.24 bits per heavy atom. The molecular formula is C38H23N3O. The van der Waals surface area contributed by atoms with Crippen LogP contribution in [0.2, 0.25) is 0 Å². The predicted octanol–water partition coefficient (Wildman–Crippen LogP) is 9.96. The van der Waals surface area contributed by atoms with Crippen LogP contribution in [0.5, 0.6) is 0 Å². The summed E-state index contributed by atoms with van der Waals surface area (Å²) in [6.45, 7) is 0. The van der Waals surface area contributed by atoms with Crippen molar-refractivity contribution >= 4 is 54.5 Å². The lowest BCUT2D eigenvalue weighted by atomic mass is 9.99. The fourth-order valence-corrected chi connectivity index (χ4v) is 6.43. The molecule has 0 atom stereocenters. The van der Waals surface area contributed by atoms with Gasteiger partial charge in [0.25, 0.3) is 0 Å². The maximum Gasteiger partial charge on any atom is 0.153 e. The molecule has 0 unspecified atom stereocenters. The number of aromatic nitrogens is 3. The van der Waals surface area contributed by atoms with Gasteiger partial charge in [0.2, 0.25) is 0 Å². The van der Waals surface area contributed by atoms with Crippen molar-refractivity contribution in [2.45, 2.75) is 0 Å². The zero-order chi connectivity index (χ0) is 27.6. The average molecular weight is 538 g/mol. The van der Waals surface area contributed by atoms with Gasteiger partial charge in [-0.1, -0.05) is 109 Å². The second-order valence-electron chi connectivity index (χ2n) is 10.6. The summed E-state index contributed by atoms with van der Waals surface area (Å²) >= 11 is 0. The molecule has 0 radical (unpaired) electrons. The molecule has 3 heterocycles. The number of rotatable bonds is 3. The first kappa shape index (κ1) is 23.0. The standard InChI is InChI=1S/C38H23N3O/c1-2-10-24(11-3-1)38-40-35-31-16-6-4-14-28(31)29-15-5-7-17-32(29)36(35)41(38)26-13-8-12-25(22-26)27-18-9-19-33-30-20-21-39-23-34(30)42-37(27)33/h1-23H. The van der Waals surface area contributed by atoms with Crippen molar-refractivity contribution in [3.63, 3.8) is 0 Å². The van der Waals surface area contributed by atoms with E-state index in [1.165, 1.54) is 16.2 Å². The third-order valence-corrected chi connectivity index (χ3v) is 8.28. The lowest BCUT2D eigenvalue weighted by Crippen LogP contribution is -1.98. The highest BCUT2D eigenvalue weighted by Crippen LogP contribution is 2.40. The molecule has 6 aromatic carbocycles. The molecule has 0 saturated carbocycles. The molecular weight excluding hydrogens is 514 g/mol. The number of benzene rings is 6. The summed E-state index contributed by atoms with van der Waals surface area (Å²) < 4.78 is 8.68. The van der Waals surface area contributed by atoms with Gasteiger partial charge in [0.05, 0.1) is 17.2 Å².